The summed E-state index contributed by atoms with van der Waals surface area (Å²) in [6.45, 7) is 2.06. The number of rotatable bonds is 5. The van der Waals surface area contributed by atoms with Gasteiger partial charge in [0.15, 0.2) is 5.56 Å². The third-order valence-electron chi connectivity index (χ3n) is 1.65. The highest BCUT2D eigenvalue weighted by molar-refractivity contribution is 7.11. The molecule has 0 saturated carbocycles. The van der Waals surface area contributed by atoms with Crippen molar-refractivity contribution in [3.05, 3.63) is 16.6 Å². The van der Waals surface area contributed by atoms with Crippen molar-refractivity contribution in [1.29, 1.82) is 0 Å². The van der Waals surface area contributed by atoms with Crippen LogP contribution in [0, 0.1) is 0 Å². The zero-order chi connectivity index (χ0) is 10.4. The van der Waals surface area contributed by atoms with Crippen molar-refractivity contribution in [2.24, 2.45) is 0 Å². The number of aromatic nitrogens is 1. The molecule has 78 valence electrons. The van der Waals surface area contributed by atoms with Crippen molar-refractivity contribution in [2.45, 2.75) is 31.7 Å². The third kappa shape index (κ3) is 3.64. The summed E-state index contributed by atoms with van der Waals surface area (Å²) < 4.78 is 4.99. The fraction of sp³-hybridized carbons (Fsp3) is 0.556. The molecule has 3 nitrogen and oxygen atoms in total. The highest BCUT2D eigenvalue weighted by Gasteiger charge is 2.13. The van der Waals surface area contributed by atoms with E-state index < -0.39 is 5.56 Å². The Morgan fingerprint density at radius 3 is 3.14 bits per heavy atom. The van der Waals surface area contributed by atoms with Crippen LogP contribution in [-0.2, 0) is 4.74 Å². The minimum absolute atomic E-state index is 0.386. The number of halogens is 1. The lowest BCUT2D eigenvalue weighted by atomic mass is 10.3. The van der Waals surface area contributed by atoms with Crippen LogP contribution in [0.15, 0.2) is 11.7 Å². The Kier molecular flexibility index (Phi) is 4.90. The molecule has 1 aromatic heterocycles. The van der Waals surface area contributed by atoms with E-state index in [2.05, 4.69) is 11.9 Å². The van der Waals surface area contributed by atoms with Gasteiger partial charge in [0, 0.05) is 0 Å². The van der Waals surface area contributed by atoms with Crippen molar-refractivity contribution >= 4 is 28.9 Å². The molecule has 0 bridgehead atoms. The first-order chi connectivity index (χ1) is 6.74. The summed E-state index contributed by atoms with van der Waals surface area (Å²) in [6, 6.07) is 0. The maximum Gasteiger partial charge on any atom is 0.351 e. The largest absolute Gasteiger partial charge is 0.442 e. The summed E-state index contributed by atoms with van der Waals surface area (Å²) >= 11 is 7.07. The van der Waals surface area contributed by atoms with E-state index in [0.29, 0.717) is 11.3 Å². The van der Waals surface area contributed by atoms with Gasteiger partial charge in [-0.2, -0.15) is 0 Å². The van der Waals surface area contributed by atoms with Gasteiger partial charge < -0.3 is 4.74 Å². The standard InChI is InChI=1S/C9H12ClNO2S/c1-2-3-4-8(10)13-9(12)7-5-11-6-14-7/h5-6,8H,2-4H2,1H3. The zero-order valence-corrected chi connectivity index (χ0v) is 9.48. The number of hydrogen-bond donors (Lipinski definition) is 0. The van der Waals surface area contributed by atoms with Crippen molar-refractivity contribution in [1.82, 2.24) is 4.98 Å². The molecule has 1 atom stereocenters. The molecule has 0 aromatic carbocycles. The van der Waals surface area contributed by atoms with Crippen molar-refractivity contribution < 1.29 is 9.53 Å². The molecule has 1 unspecified atom stereocenters. The summed E-state index contributed by atoms with van der Waals surface area (Å²) in [7, 11) is 0. The predicted molar refractivity (Wildman–Crippen MR) is 56.7 cm³/mol. The van der Waals surface area contributed by atoms with Crippen LogP contribution in [0.1, 0.15) is 35.9 Å². The molecule has 0 spiro atoms. The minimum atomic E-state index is -0.524. The summed E-state index contributed by atoms with van der Waals surface area (Å²) in [6.07, 6.45) is 4.19. The number of unbranched alkanes of at least 4 members (excludes halogenated alkanes) is 1. The average Bonchev–Trinajstić information content (AvgIpc) is 2.67. The number of hydrogen-bond acceptors (Lipinski definition) is 4. The van der Waals surface area contributed by atoms with E-state index >= 15 is 0 Å². The molecule has 1 aromatic rings. The van der Waals surface area contributed by atoms with E-state index in [9.17, 15) is 4.79 Å². The van der Waals surface area contributed by atoms with Crippen LogP contribution < -0.4 is 0 Å². The highest BCUT2D eigenvalue weighted by Crippen LogP contribution is 2.14. The lowest BCUT2D eigenvalue weighted by molar-refractivity contribution is 0.0439. The second kappa shape index (κ2) is 5.98. The molecule has 0 aliphatic rings. The number of thiazole rings is 1. The molecule has 14 heavy (non-hydrogen) atoms. The van der Waals surface area contributed by atoms with Crippen molar-refractivity contribution in [3.63, 3.8) is 0 Å². The topological polar surface area (TPSA) is 39.2 Å². The molecule has 0 fully saturated rings. The number of ether oxygens (including phenoxy) is 1. The second-order valence-corrected chi connectivity index (χ2v) is 4.20. The zero-order valence-electron chi connectivity index (χ0n) is 7.90. The van der Waals surface area contributed by atoms with Gasteiger partial charge in [-0.3, -0.25) is 4.98 Å². The smallest absolute Gasteiger partial charge is 0.351 e. The van der Waals surface area contributed by atoms with E-state index in [0.717, 1.165) is 12.8 Å². The van der Waals surface area contributed by atoms with Crippen LogP contribution >= 0.6 is 22.9 Å². The van der Waals surface area contributed by atoms with Crippen LogP contribution in [0.5, 0.6) is 0 Å². The van der Waals surface area contributed by atoms with E-state index in [-0.39, 0.29) is 5.97 Å². The summed E-state index contributed by atoms with van der Waals surface area (Å²) in [5.41, 5.74) is 1.07. The van der Waals surface area contributed by atoms with Crippen LogP contribution in [-0.4, -0.2) is 16.5 Å². The van der Waals surface area contributed by atoms with Crippen LogP contribution in [0.4, 0.5) is 0 Å². The van der Waals surface area contributed by atoms with Crippen molar-refractivity contribution in [3.8, 4) is 0 Å². The van der Waals surface area contributed by atoms with Gasteiger partial charge in [-0.25, -0.2) is 4.79 Å². The Bertz CT molecular complexity index is 276. The SMILES string of the molecule is CCCCC(Cl)OC(=O)c1cncs1. The Morgan fingerprint density at radius 1 is 1.79 bits per heavy atom. The van der Waals surface area contributed by atoms with E-state index in [1.165, 1.54) is 17.5 Å². The fourth-order valence-electron chi connectivity index (χ4n) is 0.914. The number of nitrogens with zero attached hydrogens (tertiary/aromatic N) is 1. The first-order valence-electron chi connectivity index (χ1n) is 4.47. The maximum absolute atomic E-state index is 11.3. The lowest BCUT2D eigenvalue weighted by Crippen LogP contribution is -2.11. The summed E-state index contributed by atoms with van der Waals surface area (Å²) in [5.74, 6) is -0.386. The Labute approximate surface area is 92.1 Å². The van der Waals surface area contributed by atoms with Crippen LogP contribution in [0.25, 0.3) is 0 Å². The van der Waals surface area contributed by atoms with Gasteiger partial charge in [0.1, 0.15) is 4.88 Å². The normalized spacial score (nSPS) is 12.4. The molecule has 0 aliphatic carbocycles. The van der Waals surface area contributed by atoms with E-state index in [4.69, 9.17) is 16.3 Å². The Balaban J connectivity index is 2.34. The van der Waals surface area contributed by atoms with Gasteiger partial charge in [0.2, 0.25) is 0 Å². The maximum atomic E-state index is 11.3. The molecular formula is C9H12ClNO2S. The van der Waals surface area contributed by atoms with E-state index in [1.54, 1.807) is 5.51 Å². The molecule has 0 radical (unpaired) electrons. The quantitative estimate of drug-likeness (QED) is 0.580. The van der Waals surface area contributed by atoms with Gasteiger partial charge in [0.05, 0.1) is 11.7 Å². The predicted octanol–water partition coefficient (Wildman–Crippen LogP) is 3.06. The second-order valence-electron chi connectivity index (χ2n) is 2.82. The molecule has 1 heterocycles. The molecule has 5 heteroatoms. The highest BCUT2D eigenvalue weighted by atomic mass is 35.5. The summed E-state index contributed by atoms with van der Waals surface area (Å²) in [4.78, 5) is 15.6. The minimum Gasteiger partial charge on any atom is -0.442 e. The van der Waals surface area contributed by atoms with Gasteiger partial charge in [0.25, 0.3) is 0 Å². The fourth-order valence-corrected chi connectivity index (χ4v) is 1.65. The lowest BCUT2D eigenvalue weighted by Gasteiger charge is -2.08. The van der Waals surface area contributed by atoms with E-state index in [1.807, 2.05) is 0 Å². The first-order valence-corrected chi connectivity index (χ1v) is 5.79. The number of esters is 1. The molecule has 0 aliphatic heterocycles. The molecule has 0 saturated heterocycles. The van der Waals surface area contributed by atoms with Crippen LogP contribution in [0.2, 0.25) is 0 Å². The summed E-state index contributed by atoms with van der Waals surface area (Å²) in [5, 5.41) is 0. The average molecular weight is 234 g/mol. The number of carbonyl (C=O) groups is 1. The molecule has 1 rings (SSSR count). The van der Waals surface area contributed by atoms with Gasteiger partial charge in [-0.05, 0) is 12.8 Å². The molecular weight excluding hydrogens is 222 g/mol. The molecule has 0 N–H and O–H groups in total. The third-order valence-corrected chi connectivity index (χ3v) is 2.71. The van der Waals surface area contributed by atoms with Crippen molar-refractivity contribution in [2.75, 3.05) is 0 Å². The Morgan fingerprint density at radius 2 is 2.57 bits per heavy atom. The van der Waals surface area contributed by atoms with Crippen LogP contribution in [0.3, 0.4) is 0 Å². The first kappa shape index (κ1) is 11.5. The number of carbonyl (C=O) groups excluding carboxylic acids is 1. The van der Waals surface area contributed by atoms with Gasteiger partial charge in [-0.15, -0.1) is 11.3 Å². The number of alkyl halides is 1. The Hall–Kier alpha value is -0.610. The monoisotopic (exact) mass is 233 g/mol. The van der Waals surface area contributed by atoms with Gasteiger partial charge in [-0.1, -0.05) is 24.9 Å². The van der Waals surface area contributed by atoms with Gasteiger partial charge >= 0.3 is 5.97 Å². The molecule has 0 amide bonds.